The summed E-state index contributed by atoms with van der Waals surface area (Å²) in [5.74, 6) is 0.779. The van der Waals surface area contributed by atoms with Gasteiger partial charge >= 0.3 is 6.18 Å². The Morgan fingerprint density at radius 3 is 2.69 bits per heavy atom. The van der Waals surface area contributed by atoms with Crippen LogP contribution in [0.25, 0.3) is 16.3 Å². The molecule has 1 aromatic carbocycles. The zero-order valence-electron chi connectivity index (χ0n) is 20.3. The maximum absolute atomic E-state index is 14.7. The number of unbranched alkanes of at least 4 members (excludes halogenated alkanes) is 1. The van der Waals surface area contributed by atoms with Crippen LogP contribution in [0, 0.1) is 0 Å². The van der Waals surface area contributed by atoms with E-state index in [4.69, 9.17) is 0 Å². The predicted octanol–water partition coefficient (Wildman–Crippen LogP) is 6.09. The molecular weight excluding hydrogens is 470 g/mol. The van der Waals surface area contributed by atoms with E-state index >= 15 is 0 Å². The Kier molecular flexibility index (Phi) is 8.08. The van der Waals surface area contributed by atoms with Gasteiger partial charge in [0.2, 0.25) is 0 Å². The normalized spacial score (nSPS) is 18.8. The van der Waals surface area contributed by atoms with Crippen LogP contribution >= 0.6 is 0 Å². The van der Waals surface area contributed by atoms with Crippen molar-refractivity contribution in [2.75, 3.05) is 37.3 Å². The number of likely N-dealkylation sites (tertiary alicyclic amines) is 1. The summed E-state index contributed by atoms with van der Waals surface area (Å²) < 4.78 is 55.6. The Hall–Kier alpha value is -3.20. The number of benzene rings is 1. The average Bonchev–Trinajstić information content (AvgIpc) is 2.85. The van der Waals surface area contributed by atoms with Gasteiger partial charge in [0.25, 0.3) is 0 Å². The molecule has 3 heterocycles. The molecule has 2 atom stereocenters. The number of hydrogen-bond acceptors (Lipinski definition) is 5. The Labute approximate surface area is 208 Å². The lowest BCUT2D eigenvalue weighted by molar-refractivity contribution is -0.0688. The third-order valence-corrected chi connectivity index (χ3v) is 6.47. The fourth-order valence-corrected chi connectivity index (χ4v) is 4.48. The van der Waals surface area contributed by atoms with Crippen LogP contribution in [-0.2, 0) is 6.42 Å². The number of fused-ring (bicyclic) bond motifs is 1. The van der Waals surface area contributed by atoms with Gasteiger partial charge in [-0.05, 0) is 57.0 Å². The largest absolute Gasteiger partial charge is 0.417 e. The fourth-order valence-electron chi connectivity index (χ4n) is 4.48. The van der Waals surface area contributed by atoms with Gasteiger partial charge in [0.05, 0.1) is 17.3 Å². The van der Waals surface area contributed by atoms with Gasteiger partial charge in [-0.15, -0.1) is 0 Å². The molecule has 0 radical (unpaired) electrons. The van der Waals surface area contributed by atoms with Crippen molar-refractivity contribution >= 4 is 27.9 Å². The number of aryl methyl sites for hydroxylation is 1. The van der Waals surface area contributed by atoms with E-state index in [-0.39, 0.29) is 5.69 Å². The van der Waals surface area contributed by atoms with Crippen LogP contribution in [0.1, 0.15) is 30.7 Å². The molecule has 3 aromatic rings. The quantitative estimate of drug-likeness (QED) is 0.274. The molecule has 0 bridgehead atoms. The van der Waals surface area contributed by atoms with E-state index in [1.165, 1.54) is 0 Å². The molecule has 5 nitrogen and oxygen atoms in total. The summed E-state index contributed by atoms with van der Waals surface area (Å²) in [5.41, 5.74) is 0.00738. The number of rotatable bonds is 9. The monoisotopic (exact) mass is 501 g/mol. The lowest BCUT2D eigenvalue weighted by Crippen LogP contribution is -2.46. The molecular formula is C27H31F4N5. The molecule has 2 N–H and O–H groups in total. The van der Waals surface area contributed by atoms with Gasteiger partial charge in [0, 0.05) is 48.0 Å². The van der Waals surface area contributed by atoms with Gasteiger partial charge in [-0.1, -0.05) is 24.8 Å². The lowest BCUT2D eigenvalue weighted by atomic mass is 9.99. The predicted molar refractivity (Wildman–Crippen MR) is 137 cm³/mol. The Balaban J connectivity index is 1.56. The summed E-state index contributed by atoms with van der Waals surface area (Å²) in [6, 6.07) is 12.1. The maximum atomic E-state index is 14.7. The first-order valence-corrected chi connectivity index (χ1v) is 12.2. The highest BCUT2D eigenvalue weighted by atomic mass is 19.4. The number of nitrogens with zero attached hydrogens (tertiary/aromatic N) is 3. The molecule has 1 fully saturated rings. The fraction of sp³-hybridized carbons (Fsp3) is 0.407. The smallest absolute Gasteiger partial charge is 0.379 e. The van der Waals surface area contributed by atoms with Crippen molar-refractivity contribution in [3.05, 3.63) is 66.6 Å². The molecule has 1 saturated heterocycles. The van der Waals surface area contributed by atoms with Crippen LogP contribution in [0.15, 0.2) is 55.2 Å². The topological polar surface area (TPSA) is 53.1 Å². The van der Waals surface area contributed by atoms with Crippen molar-refractivity contribution in [2.45, 2.75) is 44.1 Å². The summed E-state index contributed by atoms with van der Waals surface area (Å²) >= 11 is 0. The van der Waals surface area contributed by atoms with Crippen molar-refractivity contribution in [1.82, 2.24) is 14.9 Å². The number of pyridine rings is 2. The molecule has 0 amide bonds. The summed E-state index contributed by atoms with van der Waals surface area (Å²) in [5, 5.41) is 7.44. The van der Waals surface area contributed by atoms with Gasteiger partial charge in [-0.3, -0.25) is 4.98 Å². The Morgan fingerprint density at radius 2 is 1.97 bits per heavy atom. The highest BCUT2D eigenvalue weighted by Gasteiger charge is 2.35. The third kappa shape index (κ3) is 6.32. The van der Waals surface area contributed by atoms with E-state index in [1.54, 1.807) is 24.4 Å². The van der Waals surface area contributed by atoms with Crippen molar-refractivity contribution in [3.8, 4) is 0 Å². The van der Waals surface area contributed by atoms with Crippen LogP contribution in [0.5, 0.6) is 0 Å². The first-order chi connectivity index (χ1) is 17.2. The number of allylic oxidation sites excluding steroid dienone is 1. The minimum atomic E-state index is -4.60. The maximum Gasteiger partial charge on any atom is 0.417 e. The van der Waals surface area contributed by atoms with Gasteiger partial charge in [0.1, 0.15) is 12.0 Å². The van der Waals surface area contributed by atoms with Crippen LogP contribution < -0.4 is 10.6 Å². The second-order valence-electron chi connectivity index (χ2n) is 9.26. The van der Waals surface area contributed by atoms with Crippen molar-refractivity contribution in [1.29, 1.82) is 0 Å². The summed E-state index contributed by atoms with van der Waals surface area (Å²) in [6.45, 7) is 5.06. The molecule has 36 heavy (non-hydrogen) atoms. The van der Waals surface area contributed by atoms with Gasteiger partial charge in [-0.2, -0.15) is 13.2 Å². The van der Waals surface area contributed by atoms with Gasteiger partial charge < -0.3 is 15.5 Å². The van der Waals surface area contributed by atoms with E-state index < -0.39 is 24.0 Å². The molecule has 192 valence electrons. The standard InChI is InChI=1S/C27H31F4N5/c1-18(27(29,30)31)26-20-9-7-10-23(35-24-12-15-36(2)17-22(24)28)21(20)16-19(34-26)8-3-5-13-32-25-11-4-6-14-33-25/h4,6-7,9-11,14,16,22,24,35H,1,3,5,8,12-13,15,17H2,2H3,(H,32,33). The van der Waals surface area contributed by atoms with Crippen LogP contribution in [0.3, 0.4) is 0 Å². The van der Waals surface area contributed by atoms with Gasteiger partial charge in [-0.25, -0.2) is 9.37 Å². The molecule has 0 saturated carbocycles. The van der Waals surface area contributed by atoms with E-state index in [9.17, 15) is 17.6 Å². The number of hydrogen-bond donors (Lipinski definition) is 2. The number of aromatic nitrogens is 2. The first-order valence-electron chi connectivity index (χ1n) is 12.2. The molecule has 0 aliphatic carbocycles. The third-order valence-electron chi connectivity index (χ3n) is 6.47. The minimum absolute atomic E-state index is 0.176. The average molecular weight is 502 g/mol. The van der Waals surface area contributed by atoms with Crippen LogP contribution in [0.2, 0.25) is 0 Å². The highest BCUT2D eigenvalue weighted by Crippen LogP contribution is 2.37. The molecule has 4 rings (SSSR count). The van der Waals surface area contributed by atoms with Crippen LogP contribution in [0.4, 0.5) is 29.1 Å². The van der Waals surface area contributed by atoms with E-state index in [0.29, 0.717) is 48.1 Å². The van der Waals surface area contributed by atoms with Crippen molar-refractivity contribution < 1.29 is 17.6 Å². The second-order valence-corrected chi connectivity index (χ2v) is 9.26. The van der Waals surface area contributed by atoms with Crippen molar-refractivity contribution in [3.63, 3.8) is 0 Å². The minimum Gasteiger partial charge on any atom is -0.379 e. The Bertz CT molecular complexity index is 1180. The number of nitrogens with one attached hydrogen (secondary N) is 2. The van der Waals surface area contributed by atoms with E-state index in [0.717, 1.165) is 25.2 Å². The highest BCUT2D eigenvalue weighted by molar-refractivity contribution is 6.00. The number of alkyl halides is 4. The molecule has 9 heteroatoms. The number of halogens is 4. The van der Waals surface area contributed by atoms with E-state index in [1.807, 2.05) is 36.2 Å². The summed E-state index contributed by atoms with van der Waals surface area (Å²) in [7, 11) is 1.87. The summed E-state index contributed by atoms with van der Waals surface area (Å²) in [6.07, 6.45) is -1.33. The van der Waals surface area contributed by atoms with Crippen LogP contribution in [-0.4, -0.2) is 59.9 Å². The van der Waals surface area contributed by atoms with E-state index in [2.05, 4.69) is 27.2 Å². The molecule has 0 spiro atoms. The van der Waals surface area contributed by atoms with Gasteiger partial charge in [0.15, 0.2) is 0 Å². The molecule has 2 unspecified atom stereocenters. The number of piperidine rings is 1. The number of anilines is 2. The Morgan fingerprint density at radius 1 is 1.14 bits per heavy atom. The first kappa shape index (κ1) is 25.9. The molecule has 1 aliphatic heterocycles. The summed E-state index contributed by atoms with van der Waals surface area (Å²) in [4.78, 5) is 10.5. The zero-order chi connectivity index (χ0) is 25.7. The zero-order valence-corrected chi connectivity index (χ0v) is 20.3. The van der Waals surface area contributed by atoms with Crippen molar-refractivity contribution in [2.24, 2.45) is 0 Å². The second kappa shape index (κ2) is 11.2. The molecule has 1 aliphatic rings. The lowest BCUT2D eigenvalue weighted by Gasteiger charge is -2.33. The SMILES string of the molecule is C=C(c1nc(CCCCNc2ccccn2)cc2c(NC3CCN(C)CC3F)cccc12)C(F)(F)F. The molecule has 2 aromatic heterocycles.